The Morgan fingerprint density at radius 2 is 1.79 bits per heavy atom. The number of nitrogens with one attached hydrogen (secondary N) is 1. The maximum absolute atomic E-state index is 13.1. The van der Waals surface area contributed by atoms with E-state index in [-0.39, 0.29) is 11.4 Å². The molecule has 1 amide bonds. The highest BCUT2D eigenvalue weighted by Crippen LogP contribution is 2.33. The number of fused-ring (bicyclic) bond motifs is 1. The lowest BCUT2D eigenvalue weighted by molar-refractivity contribution is -0.142. The third-order valence-electron chi connectivity index (χ3n) is 5.43. The molecule has 3 aromatic rings. The van der Waals surface area contributed by atoms with Crippen LogP contribution in [0.15, 0.2) is 24.5 Å². The maximum Gasteiger partial charge on any atom is 0.435 e. The quantitative estimate of drug-likeness (QED) is 0.581. The lowest BCUT2D eigenvalue weighted by Crippen LogP contribution is -2.31. The second-order valence-corrected chi connectivity index (χ2v) is 7.78. The molecule has 3 heterocycles. The van der Waals surface area contributed by atoms with E-state index in [1.807, 2.05) is 0 Å². The van der Waals surface area contributed by atoms with Crippen molar-refractivity contribution in [3.8, 4) is 5.69 Å². The lowest BCUT2D eigenvalue weighted by Gasteiger charge is -2.22. The van der Waals surface area contributed by atoms with Crippen LogP contribution in [0.4, 0.5) is 26.3 Å². The minimum Gasteiger partial charge on any atom is -0.344 e. The average Bonchev–Trinajstić information content (AvgIpc) is 3.31. The van der Waals surface area contributed by atoms with Gasteiger partial charge in [0.25, 0.3) is 5.91 Å². The molecule has 7 nitrogen and oxygen atoms in total. The van der Waals surface area contributed by atoms with Gasteiger partial charge in [0.15, 0.2) is 5.69 Å². The Bertz CT molecular complexity index is 1210. The number of nitrogens with zero attached hydrogens (tertiary/aromatic N) is 5. The molecule has 176 valence electrons. The van der Waals surface area contributed by atoms with Crippen LogP contribution in [0, 0.1) is 6.92 Å². The van der Waals surface area contributed by atoms with Crippen LogP contribution in [0.2, 0.25) is 0 Å². The van der Waals surface area contributed by atoms with Gasteiger partial charge in [-0.25, -0.2) is 4.68 Å². The van der Waals surface area contributed by atoms with Crippen LogP contribution in [0.5, 0.6) is 0 Å². The zero-order chi connectivity index (χ0) is 24.1. The van der Waals surface area contributed by atoms with Gasteiger partial charge in [-0.1, -0.05) is 0 Å². The molecule has 1 aliphatic rings. The molecule has 13 heteroatoms. The third-order valence-corrected chi connectivity index (χ3v) is 5.43. The molecule has 33 heavy (non-hydrogen) atoms. The smallest absolute Gasteiger partial charge is 0.344 e. The summed E-state index contributed by atoms with van der Waals surface area (Å²) in [5, 5.41) is 10.4. The monoisotopic (exact) mass is 472 g/mol. The summed E-state index contributed by atoms with van der Waals surface area (Å²) in [6.45, 7) is 1.60. The van der Waals surface area contributed by atoms with Gasteiger partial charge in [0.1, 0.15) is 11.4 Å². The summed E-state index contributed by atoms with van der Waals surface area (Å²) >= 11 is 0. The van der Waals surface area contributed by atoms with Crippen molar-refractivity contribution < 1.29 is 31.1 Å². The van der Waals surface area contributed by atoms with Crippen molar-refractivity contribution in [1.82, 2.24) is 29.9 Å². The molecule has 0 aromatic carbocycles. The molecule has 0 bridgehead atoms. The first-order valence-electron chi connectivity index (χ1n) is 9.89. The molecule has 1 atom stereocenters. The first-order valence-corrected chi connectivity index (χ1v) is 9.89. The van der Waals surface area contributed by atoms with E-state index in [4.69, 9.17) is 0 Å². The Balaban J connectivity index is 1.63. The fourth-order valence-corrected chi connectivity index (χ4v) is 3.78. The summed E-state index contributed by atoms with van der Waals surface area (Å²) in [4.78, 5) is 16.1. The molecule has 0 aliphatic heterocycles. The van der Waals surface area contributed by atoms with Gasteiger partial charge < -0.3 is 5.32 Å². The Morgan fingerprint density at radius 1 is 1.09 bits per heavy atom. The van der Waals surface area contributed by atoms with Crippen LogP contribution < -0.4 is 5.32 Å². The van der Waals surface area contributed by atoms with Gasteiger partial charge in [-0.05, 0) is 37.8 Å². The van der Waals surface area contributed by atoms with Gasteiger partial charge >= 0.3 is 12.4 Å². The van der Waals surface area contributed by atoms with E-state index in [0.717, 1.165) is 16.9 Å². The van der Waals surface area contributed by atoms with E-state index >= 15 is 0 Å². The first kappa shape index (κ1) is 22.8. The van der Waals surface area contributed by atoms with E-state index in [1.165, 1.54) is 17.9 Å². The number of hydrogen-bond donors (Lipinski definition) is 1. The highest BCUT2D eigenvalue weighted by atomic mass is 19.4. The Morgan fingerprint density at radius 3 is 2.42 bits per heavy atom. The fourth-order valence-electron chi connectivity index (χ4n) is 3.78. The molecule has 1 aliphatic carbocycles. The summed E-state index contributed by atoms with van der Waals surface area (Å²) in [5.74, 6) is -0.745. The maximum atomic E-state index is 13.1. The van der Waals surface area contributed by atoms with Crippen molar-refractivity contribution in [2.45, 2.75) is 44.6 Å². The zero-order valence-corrected chi connectivity index (χ0v) is 17.4. The Hall–Kier alpha value is -3.38. The highest BCUT2D eigenvalue weighted by molar-refractivity contribution is 5.93. The number of hydrogen-bond acceptors (Lipinski definition) is 4. The highest BCUT2D eigenvalue weighted by Gasteiger charge is 2.36. The number of carbonyl (C=O) groups is 1. The molecule has 4 rings (SSSR count). The van der Waals surface area contributed by atoms with Crippen molar-refractivity contribution >= 4 is 5.91 Å². The van der Waals surface area contributed by atoms with Gasteiger partial charge in [-0.15, -0.1) is 0 Å². The van der Waals surface area contributed by atoms with Crippen molar-refractivity contribution in [3.05, 3.63) is 58.4 Å². The zero-order valence-electron chi connectivity index (χ0n) is 17.4. The standard InChI is InChI=1S/C20H18F6N6O/c1-10-8-27-16(19(21,22)23)6-14(10)32-9-11-12(4-3-5-13(11)29-32)28-18(33)15-7-17(20(24,25)26)30-31(15)2/h6-9,12H,3-5H2,1-2H3,(H,28,33)/t12-/m1/s1. The molecular weight excluding hydrogens is 454 g/mol. The lowest BCUT2D eigenvalue weighted by atomic mass is 9.93. The van der Waals surface area contributed by atoms with Crippen LogP contribution in [0.3, 0.4) is 0 Å². The molecule has 0 spiro atoms. The topological polar surface area (TPSA) is 77.6 Å². The molecule has 3 aromatic heterocycles. The minimum absolute atomic E-state index is 0.193. The number of halogens is 6. The van der Waals surface area contributed by atoms with E-state index in [1.54, 1.807) is 6.92 Å². The third kappa shape index (κ3) is 4.44. The number of aromatic nitrogens is 5. The van der Waals surface area contributed by atoms with Gasteiger partial charge in [-0.3, -0.25) is 14.5 Å². The van der Waals surface area contributed by atoms with E-state index in [2.05, 4.69) is 20.5 Å². The SMILES string of the molecule is Cc1cnc(C(F)(F)F)cc1-n1cc2c(n1)CCC[C@H]2NC(=O)c1cc(C(F)(F)F)nn1C. The molecule has 0 saturated heterocycles. The average molecular weight is 472 g/mol. The number of carbonyl (C=O) groups excluding carboxylic acids is 1. The number of amides is 1. The number of rotatable bonds is 3. The summed E-state index contributed by atoms with van der Waals surface area (Å²) in [7, 11) is 1.24. The number of pyridine rings is 1. The molecule has 1 N–H and O–H groups in total. The van der Waals surface area contributed by atoms with Crippen LogP contribution in [-0.4, -0.2) is 30.5 Å². The van der Waals surface area contributed by atoms with E-state index < -0.39 is 35.7 Å². The molecular formula is C20H18F6N6O. The normalized spacial score (nSPS) is 16.5. The second kappa shape index (κ2) is 7.89. The van der Waals surface area contributed by atoms with Crippen molar-refractivity contribution in [1.29, 1.82) is 0 Å². The summed E-state index contributed by atoms with van der Waals surface area (Å²) < 4.78 is 80.2. The van der Waals surface area contributed by atoms with Crippen molar-refractivity contribution in [2.24, 2.45) is 7.05 Å². The van der Waals surface area contributed by atoms with Crippen LogP contribution in [-0.2, 0) is 25.8 Å². The van der Waals surface area contributed by atoms with Crippen molar-refractivity contribution in [3.63, 3.8) is 0 Å². The minimum atomic E-state index is -4.69. The van der Waals surface area contributed by atoms with Gasteiger partial charge in [0, 0.05) is 31.1 Å². The van der Waals surface area contributed by atoms with Gasteiger partial charge in [0.05, 0.1) is 17.4 Å². The summed E-state index contributed by atoms with van der Waals surface area (Å²) in [5.41, 5.74) is -0.646. The predicted molar refractivity (Wildman–Crippen MR) is 102 cm³/mol. The van der Waals surface area contributed by atoms with Gasteiger partial charge in [-0.2, -0.15) is 36.5 Å². The Labute approximate surface area is 183 Å². The van der Waals surface area contributed by atoms with Crippen molar-refractivity contribution in [2.75, 3.05) is 0 Å². The molecule has 0 saturated carbocycles. The Kier molecular flexibility index (Phi) is 5.45. The molecule has 0 fully saturated rings. The fraction of sp³-hybridized carbons (Fsp3) is 0.400. The van der Waals surface area contributed by atoms with Crippen LogP contribution in [0.25, 0.3) is 5.69 Å². The van der Waals surface area contributed by atoms with Crippen LogP contribution in [0.1, 0.15) is 57.6 Å². The van der Waals surface area contributed by atoms with E-state index in [0.29, 0.717) is 42.1 Å². The van der Waals surface area contributed by atoms with Gasteiger partial charge in [0.2, 0.25) is 0 Å². The number of alkyl halides is 6. The summed E-state index contributed by atoms with van der Waals surface area (Å²) in [6.07, 6.45) is -4.98. The number of aryl methyl sites for hydroxylation is 3. The van der Waals surface area contributed by atoms with Crippen LogP contribution >= 0.6 is 0 Å². The summed E-state index contributed by atoms with van der Waals surface area (Å²) in [6, 6.07) is 1.00. The second-order valence-electron chi connectivity index (χ2n) is 7.78. The largest absolute Gasteiger partial charge is 0.435 e. The molecule has 0 unspecified atom stereocenters. The first-order chi connectivity index (χ1) is 15.3. The molecule has 0 radical (unpaired) electrons. The predicted octanol–water partition coefficient (Wildman–Crippen LogP) is 4.15. The van der Waals surface area contributed by atoms with E-state index in [9.17, 15) is 31.1 Å².